The van der Waals surface area contributed by atoms with Gasteiger partial charge < -0.3 is 9.64 Å². The first kappa shape index (κ1) is 14.7. The van der Waals surface area contributed by atoms with Gasteiger partial charge in [0, 0.05) is 36.5 Å². The first-order valence-corrected chi connectivity index (χ1v) is 9.04. The van der Waals surface area contributed by atoms with Gasteiger partial charge in [-0.3, -0.25) is 4.79 Å². The molecule has 0 saturated carbocycles. The van der Waals surface area contributed by atoms with Crippen molar-refractivity contribution in [1.29, 1.82) is 0 Å². The highest BCUT2D eigenvalue weighted by Crippen LogP contribution is 2.32. The third-order valence-electron chi connectivity index (χ3n) is 4.64. The van der Waals surface area contributed by atoms with E-state index in [2.05, 4.69) is 10.4 Å². The second-order valence-corrected chi connectivity index (χ2v) is 7.26. The van der Waals surface area contributed by atoms with Gasteiger partial charge in [-0.2, -0.15) is 0 Å². The minimum absolute atomic E-state index is 0.124. The van der Waals surface area contributed by atoms with E-state index in [9.17, 15) is 4.79 Å². The molecule has 0 radical (unpaired) electrons. The maximum absolute atomic E-state index is 12.8. The molecule has 1 aromatic heterocycles. The van der Waals surface area contributed by atoms with Gasteiger partial charge in [0.2, 0.25) is 0 Å². The van der Waals surface area contributed by atoms with E-state index in [1.807, 2.05) is 36.1 Å². The molecule has 2 aromatic rings. The molecule has 1 fully saturated rings. The Morgan fingerprint density at radius 2 is 2.26 bits per heavy atom. The van der Waals surface area contributed by atoms with Gasteiger partial charge in [0.05, 0.1) is 5.01 Å². The number of benzene rings is 1. The van der Waals surface area contributed by atoms with E-state index >= 15 is 0 Å². The van der Waals surface area contributed by atoms with Crippen LogP contribution in [-0.2, 0) is 11.2 Å². The minimum atomic E-state index is -0.357. The van der Waals surface area contributed by atoms with Crippen molar-refractivity contribution in [2.45, 2.75) is 38.2 Å². The number of aryl methyl sites for hydroxylation is 1. The molecule has 23 heavy (non-hydrogen) atoms. The molecule has 120 valence electrons. The van der Waals surface area contributed by atoms with Crippen molar-refractivity contribution in [2.75, 3.05) is 13.1 Å². The zero-order valence-electron chi connectivity index (χ0n) is 13.2. The van der Waals surface area contributed by atoms with E-state index < -0.39 is 0 Å². The average Bonchev–Trinajstić information content (AvgIpc) is 3.20. The van der Waals surface area contributed by atoms with E-state index in [0.29, 0.717) is 12.3 Å². The number of hydrogen-bond acceptors (Lipinski definition) is 4. The van der Waals surface area contributed by atoms with Crippen LogP contribution in [0.3, 0.4) is 0 Å². The molecule has 1 aromatic carbocycles. The molecule has 0 bridgehead atoms. The van der Waals surface area contributed by atoms with Crippen LogP contribution in [0.1, 0.15) is 35.0 Å². The third-order valence-corrected chi connectivity index (χ3v) is 5.77. The summed E-state index contributed by atoms with van der Waals surface area (Å²) in [6, 6.07) is 7.93. The SMILES string of the molecule is Cc1csc([C@H]2CCCN(C(=O)[C@H]3Cc4ccccc4O3)C2)n1. The summed E-state index contributed by atoms with van der Waals surface area (Å²) in [5.41, 5.74) is 2.21. The van der Waals surface area contributed by atoms with Gasteiger partial charge in [-0.05, 0) is 31.4 Å². The van der Waals surface area contributed by atoms with Crippen molar-refractivity contribution in [2.24, 2.45) is 0 Å². The molecule has 5 heteroatoms. The number of carbonyl (C=O) groups excluding carboxylic acids is 1. The molecule has 0 N–H and O–H groups in total. The smallest absolute Gasteiger partial charge is 0.264 e. The maximum atomic E-state index is 12.8. The van der Waals surface area contributed by atoms with Crippen molar-refractivity contribution < 1.29 is 9.53 Å². The van der Waals surface area contributed by atoms with Crippen LogP contribution in [0.15, 0.2) is 29.6 Å². The summed E-state index contributed by atoms with van der Waals surface area (Å²) in [6.45, 7) is 3.62. The van der Waals surface area contributed by atoms with Crippen molar-refractivity contribution in [1.82, 2.24) is 9.88 Å². The highest BCUT2D eigenvalue weighted by molar-refractivity contribution is 7.09. The molecule has 1 amide bonds. The Morgan fingerprint density at radius 1 is 1.39 bits per heavy atom. The molecule has 2 aliphatic heterocycles. The number of carbonyl (C=O) groups is 1. The van der Waals surface area contributed by atoms with Crippen molar-refractivity contribution >= 4 is 17.2 Å². The predicted molar refractivity (Wildman–Crippen MR) is 90.0 cm³/mol. The Balaban J connectivity index is 1.45. The Labute approximate surface area is 140 Å². The Hall–Kier alpha value is -1.88. The van der Waals surface area contributed by atoms with Gasteiger partial charge in [-0.15, -0.1) is 11.3 Å². The monoisotopic (exact) mass is 328 g/mol. The summed E-state index contributed by atoms with van der Waals surface area (Å²) in [5, 5.41) is 3.25. The van der Waals surface area contributed by atoms with Crippen molar-refractivity contribution in [3.8, 4) is 5.75 Å². The van der Waals surface area contributed by atoms with E-state index in [1.165, 1.54) is 0 Å². The van der Waals surface area contributed by atoms with Crippen molar-refractivity contribution in [3.63, 3.8) is 0 Å². The quantitative estimate of drug-likeness (QED) is 0.850. The fourth-order valence-corrected chi connectivity index (χ4v) is 4.39. The van der Waals surface area contributed by atoms with Crippen LogP contribution in [0.4, 0.5) is 0 Å². The van der Waals surface area contributed by atoms with Crippen LogP contribution in [0.2, 0.25) is 0 Å². The number of aromatic nitrogens is 1. The highest BCUT2D eigenvalue weighted by Gasteiger charge is 2.35. The van der Waals surface area contributed by atoms with Gasteiger partial charge in [-0.25, -0.2) is 4.98 Å². The lowest BCUT2D eigenvalue weighted by Gasteiger charge is -2.33. The Morgan fingerprint density at radius 3 is 3.04 bits per heavy atom. The molecular weight excluding hydrogens is 308 g/mol. The predicted octanol–water partition coefficient (Wildman–Crippen LogP) is 3.16. The fraction of sp³-hybridized carbons (Fsp3) is 0.444. The van der Waals surface area contributed by atoms with E-state index in [1.54, 1.807) is 11.3 Å². The Kier molecular flexibility index (Phi) is 3.81. The van der Waals surface area contributed by atoms with Crippen LogP contribution >= 0.6 is 11.3 Å². The molecule has 0 spiro atoms. The normalized spacial score (nSPS) is 23.4. The van der Waals surface area contributed by atoms with Gasteiger partial charge in [0.25, 0.3) is 5.91 Å². The standard InChI is InChI=1S/C18H20N2O2S/c1-12-11-23-17(19-12)14-6-4-8-20(10-14)18(21)16-9-13-5-2-3-7-15(13)22-16/h2-3,5,7,11,14,16H,4,6,8-10H2,1H3/t14-,16+/m0/s1. The maximum Gasteiger partial charge on any atom is 0.264 e. The van der Waals surface area contributed by atoms with Gasteiger partial charge in [-0.1, -0.05) is 18.2 Å². The number of piperidine rings is 1. The summed E-state index contributed by atoms with van der Waals surface area (Å²) in [4.78, 5) is 19.4. The molecule has 3 heterocycles. The molecule has 2 aliphatic rings. The van der Waals surface area contributed by atoms with E-state index in [-0.39, 0.29) is 12.0 Å². The van der Waals surface area contributed by atoms with Crippen LogP contribution in [0.5, 0.6) is 5.75 Å². The topological polar surface area (TPSA) is 42.4 Å². The summed E-state index contributed by atoms with van der Waals surface area (Å²) in [7, 11) is 0. The van der Waals surface area contributed by atoms with E-state index in [4.69, 9.17) is 4.74 Å². The number of ether oxygens (including phenoxy) is 1. The highest BCUT2D eigenvalue weighted by atomic mass is 32.1. The number of likely N-dealkylation sites (tertiary alicyclic amines) is 1. The number of para-hydroxylation sites is 1. The molecule has 0 aliphatic carbocycles. The van der Waals surface area contributed by atoms with Crippen LogP contribution < -0.4 is 4.74 Å². The van der Waals surface area contributed by atoms with Crippen LogP contribution in [0, 0.1) is 6.92 Å². The number of rotatable bonds is 2. The summed E-state index contributed by atoms with van der Waals surface area (Å²) in [5.74, 6) is 1.35. The molecule has 0 unspecified atom stereocenters. The number of nitrogens with zero attached hydrogens (tertiary/aromatic N) is 2. The van der Waals surface area contributed by atoms with E-state index in [0.717, 1.165) is 47.9 Å². The largest absolute Gasteiger partial charge is 0.480 e. The minimum Gasteiger partial charge on any atom is -0.480 e. The van der Waals surface area contributed by atoms with Crippen LogP contribution in [-0.4, -0.2) is 35.0 Å². The Bertz CT molecular complexity index is 702. The second kappa shape index (κ2) is 5.96. The van der Waals surface area contributed by atoms with Gasteiger partial charge in [0.1, 0.15) is 5.75 Å². The lowest BCUT2D eigenvalue weighted by Crippen LogP contribution is -2.45. The summed E-state index contributed by atoms with van der Waals surface area (Å²) >= 11 is 1.71. The number of amides is 1. The first-order valence-electron chi connectivity index (χ1n) is 8.16. The molecule has 1 saturated heterocycles. The lowest BCUT2D eigenvalue weighted by molar-refractivity contribution is -0.139. The van der Waals surface area contributed by atoms with Gasteiger partial charge >= 0.3 is 0 Å². The second-order valence-electron chi connectivity index (χ2n) is 6.37. The molecule has 4 rings (SSSR count). The molecular formula is C18H20N2O2S. The number of thiazole rings is 1. The molecule has 2 atom stereocenters. The zero-order chi connectivity index (χ0) is 15.8. The zero-order valence-corrected chi connectivity index (χ0v) is 14.0. The molecule has 4 nitrogen and oxygen atoms in total. The van der Waals surface area contributed by atoms with Crippen LogP contribution in [0.25, 0.3) is 0 Å². The first-order chi connectivity index (χ1) is 11.2. The lowest BCUT2D eigenvalue weighted by atomic mass is 9.98. The van der Waals surface area contributed by atoms with Crippen molar-refractivity contribution in [3.05, 3.63) is 45.9 Å². The average molecular weight is 328 g/mol. The summed E-state index contributed by atoms with van der Waals surface area (Å²) in [6.07, 6.45) is 2.48. The fourth-order valence-electron chi connectivity index (χ4n) is 3.46. The number of fused-ring (bicyclic) bond motifs is 1. The summed E-state index contributed by atoms with van der Waals surface area (Å²) < 4.78 is 5.86. The third kappa shape index (κ3) is 2.85. The van der Waals surface area contributed by atoms with Gasteiger partial charge in [0.15, 0.2) is 6.10 Å². The number of hydrogen-bond donors (Lipinski definition) is 0.